The van der Waals surface area contributed by atoms with Gasteiger partial charge in [0.15, 0.2) is 0 Å². The number of nitrogens with one attached hydrogen (secondary N) is 2. The van der Waals surface area contributed by atoms with E-state index >= 15 is 0 Å². The van der Waals surface area contributed by atoms with E-state index in [0.29, 0.717) is 50.0 Å². The Labute approximate surface area is 153 Å². The lowest BCUT2D eigenvalue weighted by molar-refractivity contribution is -0.142. The van der Waals surface area contributed by atoms with Gasteiger partial charge in [0.25, 0.3) is 5.91 Å². The molecule has 0 aromatic heterocycles. The van der Waals surface area contributed by atoms with Crippen LogP contribution in [0.3, 0.4) is 0 Å². The van der Waals surface area contributed by atoms with Crippen molar-refractivity contribution in [3.63, 3.8) is 0 Å². The second kappa shape index (κ2) is 9.22. The number of hydrogen-bond acceptors (Lipinski definition) is 3. The second-order valence-corrected chi connectivity index (χ2v) is 6.54. The summed E-state index contributed by atoms with van der Waals surface area (Å²) < 4.78 is 0. The number of hydrogen-bond donors (Lipinski definition) is 3. The van der Waals surface area contributed by atoms with Crippen LogP contribution < -0.4 is 10.6 Å². The van der Waals surface area contributed by atoms with Crippen molar-refractivity contribution in [2.75, 3.05) is 18.4 Å². The largest absolute Gasteiger partial charge is 0.481 e. The second-order valence-electron chi connectivity index (χ2n) is 6.54. The highest BCUT2D eigenvalue weighted by Gasteiger charge is 2.26. The Kier molecular flexibility index (Phi) is 7.00. The van der Waals surface area contributed by atoms with E-state index in [1.54, 1.807) is 29.2 Å². The molecule has 0 saturated heterocycles. The van der Waals surface area contributed by atoms with Gasteiger partial charge in [-0.1, -0.05) is 6.07 Å². The third-order valence-corrected chi connectivity index (χ3v) is 4.83. The number of nitrogens with zero attached hydrogens (tertiary/aromatic N) is 1. The summed E-state index contributed by atoms with van der Waals surface area (Å²) in [5, 5.41) is 14.7. The first-order chi connectivity index (χ1) is 12.4. The highest BCUT2D eigenvalue weighted by molar-refractivity contribution is 5.97. The Morgan fingerprint density at radius 1 is 1.12 bits per heavy atom. The standard InChI is InChI=1S/C19H27N3O4/c1-3-22(4-2)17(23)14-6-5-7-16(12-14)21-19(26)20-15-10-8-13(9-11-15)18(24)25/h5-7,12-13,15H,3-4,8-11H2,1-2H3,(H,24,25)(H2,20,21,26). The number of carbonyl (C=O) groups is 3. The fourth-order valence-corrected chi connectivity index (χ4v) is 3.26. The Bertz CT molecular complexity index is 650. The molecule has 142 valence electrons. The van der Waals surface area contributed by atoms with Gasteiger partial charge in [-0.3, -0.25) is 9.59 Å². The molecule has 0 radical (unpaired) electrons. The lowest BCUT2D eigenvalue weighted by Crippen LogP contribution is -2.41. The summed E-state index contributed by atoms with van der Waals surface area (Å²) >= 11 is 0. The first kappa shape index (κ1) is 19.8. The number of urea groups is 1. The van der Waals surface area contributed by atoms with Gasteiger partial charge in [-0.25, -0.2) is 4.79 Å². The maximum atomic E-state index is 12.4. The van der Waals surface area contributed by atoms with Crippen LogP contribution in [0.1, 0.15) is 49.9 Å². The molecule has 1 fully saturated rings. The number of benzene rings is 1. The zero-order valence-electron chi connectivity index (χ0n) is 15.3. The molecule has 0 atom stereocenters. The van der Waals surface area contributed by atoms with Gasteiger partial charge < -0.3 is 20.6 Å². The zero-order chi connectivity index (χ0) is 19.1. The Morgan fingerprint density at radius 3 is 2.35 bits per heavy atom. The fourth-order valence-electron chi connectivity index (χ4n) is 3.26. The molecule has 0 aliphatic heterocycles. The van der Waals surface area contributed by atoms with E-state index in [9.17, 15) is 14.4 Å². The number of rotatable bonds is 6. The van der Waals surface area contributed by atoms with Crippen LogP contribution in [-0.4, -0.2) is 47.0 Å². The molecule has 1 aromatic rings. The van der Waals surface area contributed by atoms with Crippen molar-refractivity contribution >= 4 is 23.6 Å². The SMILES string of the molecule is CCN(CC)C(=O)c1cccc(NC(=O)NC2CCC(C(=O)O)CC2)c1. The Balaban J connectivity index is 1.90. The lowest BCUT2D eigenvalue weighted by Gasteiger charge is -2.26. The molecule has 0 spiro atoms. The minimum Gasteiger partial charge on any atom is -0.481 e. The molecule has 3 amide bonds. The number of carboxylic acids is 1. The summed E-state index contributed by atoms with van der Waals surface area (Å²) in [7, 11) is 0. The highest BCUT2D eigenvalue weighted by atomic mass is 16.4. The van der Waals surface area contributed by atoms with Crippen LogP contribution in [0.4, 0.5) is 10.5 Å². The predicted molar refractivity (Wildman–Crippen MR) is 99.2 cm³/mol. The van der Waals surface area contributed by atoms with Gasteiger partial charge in [0, 0.05) is 30.4 Å². The highest BCUT2D eigenvalue weighted by Crippen LogP contribution is 2.24. The van der Waals surface area contributed by atoms with Crippen molar-refractivity contribution in [2.45, 2.75) is 45.6 Å². The van der Waals surface area contributed by atoms with E-state index in [-0.39, 0.29) is 23.9 Å². The summed E-state index contributed by atoms with van der Waals surface area (Å²) in [4.78, 5) is 37.3. The van der Waals surface area contributed by atoms with Crippen LogP contribution in [0.5, 0.6) is 0 Å². The van der Waals surface area contributed by atoms with Crippen LogP contribution >= 0.6 is 0 Å². The normalized spacial score (nSPS) is 19.5. The molecule has 7 heteroatoms. The van der Waals surface area contributed by atoms with Crippen LogP contribution in [0, 0.1) is 5.92 Å². The maximum absolute atomic E-state index is 12.4. The summed E-state index contributed by atoms with van der Waals surface area (Å²) in [5.74, 6) is -1.13. The predicted octanol–water partition coefficient (Wildman–Crippen LogP) is 2.93. The first-order valence-corrected chi connectivity index (χ1v) is 9.14. The molecule has 3 N–H and O–H groups in total. The molecule has 0 unspecified atom stereocenters. The average Bonchev–Trinajstić information content (AvgIpc) is 2.63. The van der Waals surface area contributed by atoms with Crippen LogP contribution in [0.15, 0.2) is 24.3 Å². The lowest BCUT2D eigenvalue weighted by atomic mass is 9.86. The quantitative estimate of drug-likeness (QED) is 0.725. The fraction of sp³-hybridized carbons (Fsp3) is 0.526. The van der Waals surface area contributed by atoms with Crippen molar-refractivity contribution in [1.29, 1.82) is 0 Å². The molecule has 1 aliphatic rings. The minimum absolute atomic E-state index is 0.0221. The number of anilines is 1. The van der Waals surface area contributed by atoms with Gasteiger partial charge in [0.05, 0.1) is 5.92 Å². The van der Waals surface area contributed by atoms with E-state index in [1.165, 1.54) is 0 Å². The van der Waals surface area contributed by atoms with Gasteiger partial charge in [0.2, 0.25) is 0 Å². The number of carbonyl (C=O) groups excluding carboxylic acids is 2. The van der Waals surface area contributed by atoms with Crippen molar-refractivity contribution in [2.24, 2.45) is 5.92 Å². The van der Waals surface area contributed by atoms with Gasteiger partial charge in [-0.05, 0) is 57.7 Å². The number of amides is 3. The van der Waals surface area contributed by atoms with Crippen molar-refractivity contribution in [3.05, 3.63) is 29.8 Å². The van der Waals surface area contributed by atoms with E-state index in [0.717, 1.165) is 0 Å². The molecule has 0 bridgehead atoms. The van der Waals surface area contributed by atoms with Crippen LogP contribution in [-0.2, 0) is 4.79 Å². The van der Waals surface area contributed by atoms with Crippen molar-refractivity contribution in [1.82, 2.24) is 10.2 Å². The van der Waals surface area contributed by atoms with Gasteiger partial charge in [-0.15, -0.1) is 0 Å². The molecule has 1 aromatic carbocycles. The molecular formula is C19H27N3O4. The van der Waals surface area contributed by atoms with Gasteiger partial charge in [0.1, 0.15) is 0 Å². The molecule has 0 heterocycles. The molecule has 26 heavy (non-hydrogen) atoms. The smallest absolute Gasteiger partial charge is 0.319 e. The van der Waals surface area contributed by atoms with E-state index in [2.05, 4.69) is 10.6 Å². The summed E-state index contributed by atoms with van der Waals surface area (Å²) in [6, 6.07) is 6.52. The Morgan fingerprint density at radius 2 is 1.77 bits per heavy atom. The van der Waals surface area contributed by atoms with Crippen molar-refractivity contribution in [3.8, 4) is 0 Å². The van der Waals surface area contributed by atoms with E-state index < -0.39 is 5.97 Å². The third kappa shape index (κ3) is 5.21. The third-order valence-electron chi connectivity index (χ3n) is 4.83. The summed E-state index contributed by atoms with van der Waals surface area (Å²) in [5.41, 5.74) is 1.09. The summed E-state index contributed by atoms with van der Waals surface area (Å²) in [6.07, 6.45) is 2.47. The number of aliphatic carboxylic acids is 1. The van der Waals surface area contributed by atoms with Crippen molar-refractivity contribution < 1.29 is 19.5 Å². The van der Waals surface area contributed by atoms with E-state index in [4.69, 9.17) is 5.11 Å². The zero-order valence-corrected chi connectivity index (χ0v) is 15.3. The molecule has 7 nitrogen and oxygen atoms in total. The van der Waals surface area contributed by atoms with Crippen LogP contribution in [0.25, 0.3) is 0 Å². The maximum Gasteiger partial charge on any atom is 0.319 e. The topological polar surface area (TPSA) is 98.7 Å². The van der Waals surface area contributed by atoms with E-state index in [1.807, 2.05) is 13.8 Å². The van der Waals surface area contributed by atoms with Gasteiger partial charge in [-0.2, -0.15) is 0 Å². The average molecular weight is 361 g/mol. The first-order valence-electron chi connectivity index (χ1n) is 9.14. The monoisotopic (exact) mass is 361 g/mol. The Hall–Kier alpha value is -2.57. The van der Waals surface area contributed by atoms with Gasteiger partial charge >= 0.3 is 12.0 Å². The number of carboxylic acid groups (broad SMARTS) is 1. The molecule has 1 saturated carbocycles. The molecular weight excluding hydrogens is 334 g/mol. The summed E-state index contributed by atoms with van der Waals surface area (Å²) in [6.45, 7) is 5.12. The molecule has 2 rings (SSSR count). The minimum atomic E-state index is -0.761. The molecule has 1 aliphatic carbocycles. The van der Waals surface area contributed by atoms with Crippen LogP contribution in [0.2, 0.25) is 0 Å².